The zero-order chi connectivity index (χ0) is 19.9. The summed E-state index contributed by atoms with van der Waals surface area (Å²) in [7, 11) is 0. The van der Waals surface area contributed by atoms with Crippen LogP contribution in [0.4, 0.5) is 5.82 Å². The van der Waals surface area contributed by atoms with Crippen LogP contribution in [-0.4, -0.2) is 33.6 Å². The van der Waals surface area contributed by atoms with Crippen molar-refractivity contribution in [1.82, 2.24) is 15.0 Å². The molecule has 1 aliphatic heterocycles. The quantitative estimate of drug-likeness (QED) is 0.599. The fourth-order valence-corrected chi connectivity index (χ4v) is 5.04. The molecule has 28 heavy (non-hydrogen) atoms. The summed E-state index contributed by atoms with van der Waals surface area (Å²) < 4.78 is 7.22. The first-order chi connectivity index (χ1) is 13.4. The van der Waals surface area contributed by atoms with Gasteiger partial charge in [-0.15, -0.1) is 11.3 Å². The van der Waals surface area contributed by atoms with E-state index in [4.69, 9.17) is 15.5 Å². The van der Waals surface area contributed by atoms with Crippen molar-refractivity contribution in [3.63, 3.8) is 0 Å². The van der Waals surface area contributed by atoms with Crippen molar-refractivity contribution < 1.29 is 4.74 Å². The monoisotopic (exact) mass is 399 g/mol. The molecule has 0 aliphatic carbocycles. The number of thiophene rings is 1. The molecule has 0 bridgehead atoms. The van der Waals surface area contributed by atoms with Crippen LogP contribution in [0, 0.1) is 0 Å². The Kier molecular flexibility index (Phi) is 5.24. The van der Waals surface area contributed by atoms with E-state index in [9.17, 15) is 0 Å². The van der Waals surface area contributed by atoms with Crippen molar-refractivity contribution >= 4 is 37.6 Å². The first-order valence-corrected chi connectivity index (χ1v) is 10.9. The molecule has 150 valence electrons. The third-order valence-corrected chi connectivity index (χ3v) is 6.41. The predicted molar refractivity (Wildman–Crippen MR) is 116 cm³/mol. The number of nitrogens with one attached hydrogen (secondary N) is 1. The Balaban J connectivity index is 1.89. The van der Waals surface area contributed by atoms with E-state index >= 15 is 0 Å². The van der Waals surface area contributed by atoms with E-state index in [0.29, 0.717) is 12.5 Å². The smallest absolute Gasteiger partial charge is 0.147 e. The summed E-state index contributed by atoms with van der Waals surface area (Å²) in [6.07, 6.45) is 4.57. The van der Waals surface area contributed by atoms with Gasteiger partial charge in [-0.25, -0.2) is 15.0 Å². The number of unbranched alkanes of at least 4 members (excludes halogenated alkanes) is 1. The van der Waals surface area contributed by atoms with Crippen LogP contribution in [0.15, 0.2) is 6.33 Å². The van der Waals surface area contributed by atoms with E-state index in [1.165, 1.54) is 16.5 Å². The molecule has 6 nitrogen and oxygen atoms in total. The lowest BCUT2D eigenvalue weighted by Crippen LogP contribution is -2.32. The molecule has 0 radical (unpaired) electrons. The summed E-state index contributed by atoms with van der Waals surface area (Å²) in [5.74, 6) is 1.25. The molecular formula is C21H29N5OS. The summed E-state index contributed by atoms with van der Waals surface area (Å²) in [5.41, 5.74) is 10.2. The minimum Gasteiger partial charge on any atom is -0.370 e. The second-order valence-corrected chi connectivity index (χ2v) is 9.44. The largest absolute Gasteiger partial charge is 0.370 e. The van der Waals surface area contributed by atoms with Gasteiger partial charge in [0.15, 0.2) is 0 Å². The van der Waals surface area contributed by atoms with Gasteiger partial charge in [0.05, 0.1) is 28.1 Å². The highest BCUT2D eigenvalue weighted by molar-refractivity contribution is 7.26. The highest BCUT2D eigenvalue weighted by Gasteiger charge is 2.32. The summed E-state index contributed by atoms with van der Waals surface area (Å²) in [6.45, 7) is 10.9. The van der Waals surface area contributed by atoms with Crippen LogP contribution in [-0.2, 0) is 17.8 Å². The summed E-state index contributed by atoms with van der Waals surface area (Å²) in [6, 6.07) is 0. The van der Waals surface area contributed by atoms with Gasteiger partial charge in [-0.3, -0.25) is 0 Å². The zero-order valence-corrected chi connectivity index (χ0v) is 17.9. The SMILES string of the molecule is CC(C)c1nc2sc3c(NCCCCN)ncnc3c2c2c1COC(C)(C)C2. The second kappa shape index (κ2) is 7.54. The molecule has 3 aromatic heterocycles. The number of nitrogens with two attached hydrogens (primary N) is 1. The third kappa shape index (κ3) is 3.47. The fourth-order valence-electron chi connectivity index (χ4n) is 3.91. The lowest BCUT2D eigenvalue weighted by atomic mass is 9.87. The van der Waals surface area contributed by atoms with Crippen LogP contribution < -0.4 is 11.1 Å². The number of hydrogen-bond acceptors (Lipinski definition) is 7. The van der Waals surface area contributed by atoms with E-state index in [2.05, 4.69) is 43.0 Å². The Morgan fingerprint density at radius 1 is 1.25 bits per heavy atom. The topological polar surface area (TPSA) is 86.0 Å². The van der Waals surface area contributed by atoms with Gasteiger partial charge in [0.2, 0.25) is 0 Å². The normalized spacial score (nSPS) is 16.1. The van der Waals surface area contributed by atoms with Crippen molar-refractivity contribution in [1.29, 1.82) is 0 Å². The van der Waals surface area contributed by atoms with E-state index in [1.807, 2.05) is 0 Å². The van der Waals surface area contributed by atoms with E-state index in [-0.39, 0.29) is 5.60 Å². The van der Waals surface area contributed by atoms with Crippen molar-refractivity contribution in [2.24, 2.45) is 5.73 Å². The van der Waals surface area contributed by atoms with Gasteiger partial charge >= 0.3 is 0 Å². The molecule has 7 heteroatoms. The Bertz CT molecular complexity index is 1010. The van der Waals surface area contributed by atoms with E-state index in [0.717, 1.165) is 58.9 Å². The number of nitrogens with zero attached hydrogens (tertiary/aromatic N) is 3. The fraction of sp³-hybridized carbons (Fsp3) is 0.571. The lowest BCUT2D eigenvalue weighted by Gasteiger charge is -2.33. The molecule has 0 amide bonds. The van der Waals surface area contributed by atoms with Gasteiger partial charge in [0.1, 0.15) is 17.0 Å². The highest BCUT2D eigenvalue weighted by Crippen LogP contribution is 2.43. The molecule has 0 fully saturated rings. The van der Waals surface area contributed by atoms with Gasteiger partial charge in [-0.05, 0) is 44.7 Å². The van der Waals surface area contributed by atoms with Gasteiger partial charge in [0.25, 0.3) is 0 Å². The molecule has 4 rings (SSSR count). The standard InChI is InChI=1S/C21H29N5OS/c1-12(2)16-14-10-27-21(3,4)9-13(14)15-17-18(28-20(15)26-16)19(25-11-24-17)23-8-6-5-7-22/h11-12H,5-10,22H2,1-4H3,(H,23,24,25). The molecule has 3 aromatic rings. The van der Waals surface area contributed by atoms with E-state index < -0.39 is 0 Å². The molecular weight excluding hydrogens is 370 g/mol. The number of pyridine rings is 1. The van der Waals surface area contributed by atoms with Crippen LogP contribution in [0.25, 0.3) is 20.4 Å². The summed E-state index contributed by atoms with van der Waals surface area (Å²) in [5, 5.41) is 4.65. The molecule has 0 unspecified atom stereocenters. The summed E-state index contributed by atoms with van der Waals surface area (Å²) in [4.78, 5) is 15.3. The maximum Gasteiger partial charge on any atom is 0.147 e. The van der Waals surface area contributed by atoms with Gasteiger partial charge < -0.3 is 15.8 Å². The zero-order valence-electron chi connectivity index (χ0n) is 17.1. The first-order valence-electron chi connectivity index (χ1n) is 10.1. The number of fused-ring (bicyclic) bond motifs is 5. The predicted octanol–water partition coefficient (Wildman–Crippen LogP) is 4.37. The van der Waals surface area contributed by atoms with Crippen LogP contribution in [0.1, 0.15) is 63.3 Å². The summed E-state index contributed by atoms with van der Waals surface area (Å²) >= 11 is 1.69. The number of anilines is 1. The van der Waals surface area contributed by atoms with Crippen molar-refractivity contribution in [2.45, 2.75) is 65.1 Å². The Labute approximate surface area is 169 Å². The third-order valence-electron chi connectivity index (χ3n) is 5.33. The molecule has 0 saturated heterocycles. The van der Waals surface area contributed by atoms with Crippen LogP contribution in [0.5, 0.6) is 0 Å². The molecule has 0 atom stereocenters. The van der Waals surface area contributed by atoms with Gasteiger partial charge in [0, 0.05) is 23.9 Å². The number of aromatic nitrogens is 3. The minimum atomic E-state index is -0.180. The average molecular weight is 400 g/mol. The first kappa shape index (κ1) is 19.5. The van der Waals surface area contributed by atoms with Crippen LogP contribution >= 0.6 is 11.3 Å². The second-order valence-electron chi connectivity index (χ2n) is 8.44. The van der Waals surface area contributed by atoms with Crippen LogP contribution in [0.3, 0.4) is 0 Å². The Morgan fingerprint density at radius 2 is 2.07 bits per heavy atom. The average Bonchev–Trinajstić information content (AvgIpc) is 3.03. The molecule has 0 spiro atoms. The number of ether oxygens (including phenoxy) is 1. The maximum absolute atomic E-state index is 6.13. The Morgan fingerprint density at radius 3 is 2.82 bits per heavy atom. The number of rotatable bonds is 6. The molecule has 0 aromatic carbocycles. The molecule has 1 aliphatic rings. The van der Waals surface area contributed by atoms with Gasteiger partial charge in [-0.1, -0.05) is 13.8 Å². The number of hydrogen-bond donors (Lipinski definition) is 2. The van der Waals surface area contributed by atoms with Crippen LogP contribution in [0.2, 0.25) is 0 Å². The highest BCUT2D eigenvalue weighted by atomic mass is 32.1. The van der Waals surface area contributed by atoms with Gasteiger partial charge in [-0.2, -0.15) is 0 Å². The van der Waals surface area contributed by atoms with Crippen molar-refractivity contribution in [3.8, 4) is 0 Å². The van der Waals surface area contributed by atoms with E-state index in [1.54, 1.807) is 17.7 Å². The minimum absolute atomic E-state index is 0.180. The van der Waals surface area contributed by atoms with Crippen molar-refractivity contribution in [2.75, 3.05) is 18.4 Å². The lowest BCUT2D eigenvalue weighted by molar-refractivity contribution is -0.0402. The molecule has 3 N–H and O–H groups in total. The van der Waals surface area contributed by atoms with Crippen molar-refractivity contribution in [3.05, 3.63) is 23.1 Å². The molecule has 4 heterocycles. The maximum atomic E-state index is 6.13. The molecule has 0 saturated carbocycles. The Hall–Kier alpha value is -1.83.